The van der Waals surface area contributed by atoms with Crippen molar-refractivity contribution in [2.24, 2.45) is 0 Å². The Labute approximate surface area is 297 Å². The van der Waals surface area contributed by atoms with Gasteiger partial charge in [-0.3, -0.25) is 0 Å². The van der Waals surface area contributed by atoms with Gasteiger partial charge in [0.1, 0.15) is 0 Å². The Hall–Kier alpha value is -6.38. The van der Waals surface area contributed by atoms with Crippen molar-refractivity contribution in [2.75, 3.05) is 0 Å². The van der Waals surface area contributed by atoms with E-state index >= 15 is 0 Å². The molecule has 0 saturated heterocycles. The molecule has 8 aromatic carbocycles. The van der Waals surface area contributed by atoms with Crippen LogP contribution in [-0.2, 0) is 5.41 Å². The van der Waals surface area contributed by atoms with Crippen LogP contribution >= 0.6 is 0 Å². The molecule has 0 radical (unpaired) electrons. The number of hydrogen-bond donors (Lipinski definition) is 0. The van der Waals surface area contributed by atoms with Gasteiger partial charge in [-0.1, -0.05) is 172 Å². The number of nitrogens with zero attached hydrogens (tertiary/aromatic N) is 2. The summed E-state index contributed by atoms with van der Waals surface area (Å²) in [6.45, 7) is 4.69. The van der Waals surface area contributed by atoms with Crippen molar-refractivity contribution in [3.8, 4) is 56.2 Å². The van der Waals surface area contributed by atoms with Crippen LogP contribution in [-0.4, -0.2) is 9.97 Å². The Kier molecular flexibility index (Phi) is 6.56. The highest BCUT2D eigenvalue weighted by Gasteiger charge is 2.37. The van der Waals surface area contributed by atoms with Crippen LogP contribution in [0.4, 0.5) is 0 Å². The van der Waals surface area contributed by atoms with Crippen LogP contribution < -0.4 is 0 Å². The summed E-state index contributed by atoms with van der Waals surface area (Å²) in [5.41, 5.74) is 12.5. The Morgan fingerprint density at radius 2 is 1.00 bits per heavy atom. The van der Waals surface area contributed by atoms with Gasteiger partial charge in [0.05, 0.1) is 11.4 Å². The lowest BCUT2D eigenvalue weighted by Gasteiger charge is -2.24. The first-order valence-electron chi connectivity index (χ1n) is 17.7. The molecule has 1 aliphatic rings. The molecule has 0 atom stereocenters. The molecule has 1 heterocycles. The van der Waals surface area contributed by atoms with Crippen LogP contribution in [0.25, 0.3) is 88.5 Å². The van der Waals surface area contributed by atoms with Crippen molar-refractivity contribution in [1.82, 2.24) is 9.97 Å². The second-order valence-corrected chi connectivity index (χ2v) is 14.1. The number of rotatable bonds is 4. The molecule has 0 aliphatic heterocycles. The van der Waals surface area contributed by atoms with Gasteiger partial charge in [0.15, 0.2) is 5.82 Å². The maximum atomic E-state index is 5.58. The molecule has 9 aromatic rings. The molecule has 51 heavy (non-hydrogen) atoms. The summed E-state index contributed by atoms with van der Waals surface area (Å²) in [4.78, 5) is 11.1. The fourth-order valence-electron chi connectivity index (χ4n) is 8.53. The van der Waals surface area contributed by atoms with Gasteiger partial charge in [0.25, 0.3) is 0 Å². The van der Waals surface area contributed by atoms with E-state index in [1.54, 1.807) is 0 Å². The number of benzene rings is 8. The zero-order valence-corrected chi connectivity index (χ0v) is 28.6. The highest BCUT2D eigenvalue weighted by Crippen LogP contribution is 2.52. The quantitative estimate of drug-likeness (QED) is 0.140. The van der Waals surface area contributed by atoms with Crippen LogP contribution in [0.1, 0.15) is 25.0 Å². The summed E-state index contributed by atoms with van der Waals surface area (Å²) < 4.78 is 0. The van der Waals surface area contributed by atoms with E-state index in [2.05, 4.69) is 184 Å². The maximum Gasteiger partial charge on any atom is 0.161 e. The van der Waals surface area contributed by atoms with Crippen LogP contribution in [0, 0.1) is 0 Å². The fourth-order valence-corrected chi connectivity index (χ4v) is 8.53. The van der Waals surface area contributed by atoms with Crippen LogP contribution in [0.15, 0.2) is 170 Å². The number of fused-ring (bicyclic) bond motifs is 7. The van der Waals surface area contributed by atoms with E-state index < -0.39 is 0 Å². The lowest BCUT2D eigenvalue weighted by atomic mass is 9.79. The van der Waals surface area contributed by atoms with E-state index in [0.717, 1.165) is 55.8 Å². The predicted octanol–water partition coefficient (Wildman–Crippen LogP) is 12.9. The minimum absolute atomic E-state index is 0.194. The first-order chi connectivity index (χ1) is 25.1. The molecule has 2 nitrogen and oxygen atoms in total. The third-order valence-corrected chi connectivity index (χ3v) is 10.9. The van der Waals surface area contributed by atoms with Gasteiger partial charge in [0, 0.05) is 22.1 Å². The van der Waals surface area contributed by atoms with E-state index in [1.807, 2.05) is 0 Å². The Bertz CT molecular complexity index is 2830. The van der Waals surface area contributed by atoms with Gasteiger partial charge >= 0.3 is 0 Å². The standard InChI is InChI=1S/C49H34N2/c1-49(2)43-26-13-12-22-37(43)40-24-14-25-41(47(40)49)45-30-44(38-23-11-10-19-34(38)31-15-4-3-5-16-31)50-48(51-45)46-36-21-9-7-18-33(36)29-42-35-20-8-6-17-32(35)27-28-39(42)46/h3-30H,1-2H3. The normalized spacial score (nSPS) is 13.1. The molecule has 0 N–H and O–H groups in total. The smallest absolute Gasteiger partial charge is 0.161 e. The minimum Gasteiger partial charge on any atom is -0.228 e. The summed E-state index contributed by atoms with van der Waals surface area (Å²) in [5.74, 6) is 0.730. The lowest BCUT2D eigenvalue weighted by Crippen LogP contribution is -2.16. The van der Waals surface area contributed by atoms with E-state index in [0.29, 0.717) is 0 Å². The third-order valence-electron chi connectivity index (χ3n) is 10.9. The monoisotopic (exact) mass is 650 g/mol. The molecule has 2 heteroatoms. The molecule has 0 amide bonds. The zero-order chi connectivity index (χ0) is 34.1. The second-order valence-electron chi connectivity index (χ2n) is 14.1. The molecular formula is C49H34N2. The fraction of sp³-hybridized carbons (Fsp3) is 0.0612. The first-order valence-corrected chi connectivity index (χ1v) is 17.7. The van der Waals surface area contributed by atoms with Gasteiger partial charge in [0.2, 0.25) is 0 Å². The van der Waals surface area contributed by atoms with E-state index in [9.17, 15) is 0 Å². The van der Waals surface area contributed by atoms with E-state index in [4.69, 9.17) is 9.97 Å². The molecule has 0 fully saturated rings. The van der Waals surface area contributed by atoms with Gasteiger partial charge in [-0.05, 0) is 77.8 Å². The summed E-state index contributed by atoms with van der Waals surface area (Å²) in [7, 11) is 0. The van der Waals surface area contributed by atoms with Gasteiger partial charge in [-0.15, -0.1) is 0 Å². The third kappa shape index (κ3) is 4.57. The molecule has 0 bridgehead atoms. The van der Waals surface area contributed by atoms with Crippen molar-refractivity contribution in [3.05, 3.63) is 181 Å². The molecule has 0 saturated carbocycles. The van der Waals surface area contributed by atoms with Crippen molar-refractivity contribution >= 4 is 32.3 Å². The van der Waals surface area contributed by atoms with E-state index in [1.165, 1.54) is 43.8 Å². The number of aromatic nitrogens is 2. The number of hydrogen-bond acceptors (Lipinski definition) is 2. The molecule has 10 rings (SSSR count). The molecule has 0 spiro atoms. The largest absolute Gasteiger partial charge is 0.228 e. The molecular weight excluding hydrogens is 617 g/mol. The summed E-state index contributed by atoms with van der Waals surface area (Å²) >= 11 is 0. The first kappa shape index (κ1) is 29.5. The average Bonchev–Trinajstić information content (AvgIpc) is 3.43. The highest BCUT2D eigenvalue weighted by atomic mass is 14.9. The molecule has 1 aromatic heterocycles. The average molecular weight is 651 g/mol. The lowest BCUT2D eigenvalue weighted by molar-refractivity contribution is 0.662. The topological polar surface area (TPSA) is 25.8 Å². The molecule has 240 valence electrons. The van der Waals surface area contributed by atoms with Gasteiger partial charge < -0.3 is 0 Å². The minimum atomic E-state index is -0.194. The maximum absolute atomic E-state index is 5.58. The molecule has 1 aliphatic carbocycles. The summed E-state index contributed by atoms with van der Waals surface area (Å²) in [6, 6.07) is 61.1. The Morgan fingerprint density at radius 1 is 0.392 bits per heavy atom. The zero-order valence-electron chi connectivity index (χ0n) is 28.6. The summed E-state index contributed by atoms with van der Waals surface area (Å²) in [5, 5.41) is 7.13. The van der Waals surface area contributed by atoms with Crippen molar-refractivity contribution in [3.63, 3.8) is 0 Å². The van der Waals surface area contributed by atoms with Gasteiger partial charge in [-0.2, -0.15) is 0 Å². The highest BCUT2D eigenvalue weighted by molar-refractivity contribution is 6.19. The van der Waals surface area contributed by atoms with Crippen LogP contribution in [0.2, 0.25) is 0 Å². The predicted molar refractivity (Wildman–Crippen MR) is 214 cm³/mol. The van der Waals surface area contributed by atoms with Crippen LogP contribution in [0.5, 0.6) is 0 Å². The van der Waals surface area contributed by atoms with Gasteiger partial charge in [-0.25, -0.2) is 9.97 Å². The summed E-state index contributed by atoms with van der Waals surface area (Å²) in [6.07, 6.45) is 0. The van der Waals surface area contributed by atoms with E-state index in [-0.39, 0.29) is 5.41 Å². The van der Waals surface area contributed by atoms with Crippen molar-refractivity contribution in [2.45, 2.75) is 19.3 Å². The second kappa shape index (κ2) is 11.3. The Balaban J connectivity index is 1.32. The Morgan fingerprint density at radius 3 is 1.82 bits per heavy atom. The van der Waals surface area contributed by atoms with Crippen molar-refractivity contribution in [1.29, 1.82) is 0 Å². The van der Waals surface area contributed by atoms with Crippen LogP contribution in [0.3, 0.4) is 0 Å². The SMILES string of the molecule is CC1(C)c2ccccc2-c2cccc(-c3cc(-c4ccccc4-c4ccccc4)nc(-c4c5ccccc5cc5c4ccc4ccccc45)n3)c21. The van der Waals surface area contributed by atoms with Crippen molar-refractivity contribution < 1.29 is 0 Å². The molecule has 0 unspecified atom stereocenters.